The van der Waals surface area contributed by atoms with Crippen LogP contribution in [0.3, 0.4) is 0 Å². The lowest BCUT2D eigenvalue weighted by Crippen LogP contribution is -2.41. The maximum absolute atomic E-state index is 11.8. The monoisotopic (exact) mass is 208 g/mol. The highest BCUT2D eigenvalue weighted by Crippen LogP contribution is 2.04. The summed E-state index contributed by atoms with van der Waals surface area (Å²) < 4.78 is 5.15. The molecule has 1 aromatic rings. The minimum Gasteiger partial charge on any atom is -0.384 e. The highest BCUT2D eigenvalue weighted by atomic mass is 16.5. The fourth-order valence-corrected chi connectivity index (χ4v) is 1.38. The van der Waals surface area contributed by atoms with E-state index < -0.39 is 0 Å². The predicted molar refractivity (Wildman–Crippen MR) is 53.2 cm³/mol. The van der Waals surface area contributed by atoms with Gasteiger partial charge in [0.1, 0.15) is 5.82 Å². The van der Waals surface area contributed by atoms with Crippen molar-refractivity contribution in [2.75, 3.05) is 32.0 Å². The van der Waals surface area contributed by atoms with Gasteiger partial charge >= 0.3 is 0 Å². The molecule has 2 heterocycles. The molecule has 0 aliphatic carbocycles. The topological polar surface area (TPSA) is 81.3 Å². The van der Waals surface area contributed by atoms with Crippen LogP contribution in [-0.4, -0.2) is 47.1 Å². The molecule has 1 amide bonds. The summed E-state index contributed by atoms with van der Waals surface area (Å²) in [5, 5.41) is 0. The lowest BCUT2D eigenvalue weighted by molar-refractivity contribution is 0.0295. The predicted octanol–water partition coefficient (Wildman–Crippen LogP) is -0.469. The Labute approximate surface area is 87.1 Å². The molecule has 0 aromatic carbocycles. The van der Waals surface area contributed by atoms with Crippen LogP contribution in [-0.2, 0) is 4.74 Å². The van der Waals surface area contributed by atoms with Crippen molar-refractivity contribution in [3.63, 3.8) is 0 Å². The molecule has 1 aliphatic rings. The number of nitrogen functional groups attached to an aromatic ring is 1. The SMILES string of the molecule is Nc1ccnc(C(=O)N2CCOCC2)n1. The Morgan fingerprint density at radius 2 is 2.20 bits per heavy atom. The zero-order valence-electron chi connectivity index (χ0n) is 8.22. The van der Waals surface area contributed by atoms with Crippen LogP contribution < -0.4 is 5.73 Å². The van der Waals surface area contributed by atoms with Crippen LogP contribution in [0.25, 0.3) is 0 Å². The molecule has 1 fully saturated rings. The summed E-state index contributed by atoms with van der Waals surface area (Å²) in [6.07, 6.45) is 1.48. The molecule has 1 aliphatic heterocycles. The van der Waals surface area contributed by atoms with Crippen molar-refractivity contribution in [3.8, 4) is 0 Å². The number of hydrogen-bond acceptors (Lipinski definition) is 5. The molecule has 0 spiro atoms. The Hall–Kier alpha value is -1.69. The summed E-state index contributed by atoms with van der Waals surface area (Å²) >= 11 is 0. The van der Waals surface area contributed by atoms with E-state index in [0.29, 0.717) is 32.1 Å². The molecular weight excluding hydrogens is 196 g/mol. The summed E-state index contributed by atoms with van der Waals surface area (Å²) in [6.45, 7) is 2.29. The van der Waals surface area contributed by atoms with Gasteiger partial charge in [-0.05, 0) is 6.07 Å². The van der Waals surface area contributed by atoms with Gasteiger partial charge in [-0.3, -0.25) is 4.79 Å². The third-order valence-electron chi connectivity index (χ3n) is 2.17. The largest absolute Gasteiger partial charge is 0.384 e. The van der Waals surface area contributed by atoms with E-state index in [1.54, 1.807) is 11.0 Å². The Bertz CT molecular complexity index is 363. The number of hydrogen-bond donors (Lipinski definition) is 1. The number of anilines is 1. The van der Waals surface area contributed by atoms with E-state index in [9.17, 15) is 4.79 Å². The van der Waals surface area contributed by atoms with E-state index in [2.05, 4.69) is 9.97 Å². The minimum atomic E-state index is -0.189. The summed E-state index contributed by atoms with van der Waals surface area (Å²) in [5.41, 5.74) is 5.48. The van der Waals surface area contributed by atoms with Crippen LogP contribution in [0.2, 0.25) is 0 Å². The molecule has 2 N–H and O–H groups in total. The molecular formula is C9H12N4O2. The normalized spacial score (nSPS) is 16.4. The molecule has 6 nitrogen and oxygen atoms in total. The zero-order chi connectivity index (χ0) is 10.7. The highest BCUT2D eigenvalue weighted by molar-refractivity contribution is 5.90. The number of amides is 1. The van der Waals surface area contributed by atoms with Gasteiger partial charge < -0.3 is 15.4 Å². The summed E-state index contributed by atoms with van der Waals surface area (Å²) in [7, 11) is 0. The Balaban J connectivity index is 2.12. The summed E-state index contributed by atoms with van der Waals surface area (Å²) in [6, 6.07) is 1.55. The number of aromatic nitrogens is 2. The van der Waals surface area contributed by atoms with Crippen molar-refractivity contribution in [2.45, 2.75) is 0 Å². The van der Waals surface area contributed by atoms with E-state index in [4.69, 9.17) is 10.5 Å². The zero-order valence-corrected chi connectivity index (χ0v) is 8.22. The average Bonchev–Trinajstić information content (AvgIpc) is 2.29. The van der Waals surface area contributed by atoms with Gasteiger partial charge in [0.25, 0.3) is 5.91 Å². The van der Waals surface area contributed by atoms with Gasteiger partial charge in [-0.15, -0.1) is 0 Å². The van der Waals surface area contributed by atoms with E-state index >= 15 is 0 Å². The van der Waals surface area contributed by atoms with Crippen LogP contribution in [0.5, 0.6) is 0 Å². The second-order valence-electron chi connectivity index (χ2n) is 3.21. The van der Waals surface area contributed by atoms with Crippen molar-refractivity contribution in [1.29, 1.82) is 0 Å². The molecule has 15 heavy (non-hydrogen) atoms. The highest BCUT2D eigenvalue weighted by Gasteiger charge is 2.20. The fourth-order valence-electron chi connectivity index (χ4n) is 1.38. The van der Waals surface area contributed by atoms with Gasteiger partial charge in [0.2, 0.25) is 5.82 Å². The van der Waals surface area contributed by atoms with Crippen LogP contribution in [0.4, 0.5) is 5.82 Å². The van der Waals surface area contributed by atoms with Gasteiger partial charge in [-0.2, -0.15) is 0 Å². The molecule has 80 valence electrons. The van der Waals surface area contributed by atoms with Crippen LogP contribution in [0.15, 0.2) is 12.3 Å². The van der Waals surface area contributed by atoms with E-state index in [1.807, 2.05) is 0 Å². The Morgan fingerprint density at radius 1 is 1.47 bits per heavy atom. The van der Waals surface area contributed by atoms with Gasteiger partial charge in [0.05, 0.1) is 13.2 Å². The lowest BCUT2D eigenvalue weighted by Gasteiger charge is -2.25. The molecule has 1 saturated heterocycles. The number of nitrogens with zero attached hydrogens (tertiary/aromatic N) is 3. The first-order valence-electron chi connectivity index (χ1n) is 4.73. The molecule has 0 bridgehead atoms. The third-order valence-corrected chi connectivity index (χ3v) is 2.17. The molecule has 0 saturated carbocycles. The number of ether oxygens (including phenoxy) is 1. The smallest absolute Gasteiger partial charge is 0.291 e. The Kier molecular flexibility index (Phi) is 2.77. The lowest BCUT2D eigenvalue weighted by atomic mass is 10.4. The number of nitrogens with two attached hydrogens (primary N) is 1. The second kappa shape index (κ2) is 4.22. The van der Waals surface area contributed by atoms with Crippen LogP contribution in [0.1, 0.15) is 10.6 Å². The number of carbonyl (C=O) groups is 1. The minimum absolute atomic E-state index is 0.150. The van der Waals surface area contributed by atoms with E-state index in [-0.39, 0.29) is 11.7 Å². The number of carbonyl (C=O) groups excluding carboxylic acids is 1. The number of rotatable bonds is 1. The summed E-state index contributed by atoms with van der Waals surface area (Å²) in [5.74, 6) is 0.268. The first-order chi connectivity index (χ1) is 7.27. The van der Waals surface area contributed by atoms with Crippen LogP contribution >= 0.6 is 0 Å². The standard InChI is InChI=1S/C9H12N4O2/c10-7-1-2-11-8(12-7)9(14)13-3-5-15-6-4-13/h1-2H,3-6H2,(H2,10,11,12). The fraction of sp³-hybridized carbons (Fsp3) is 0.444. The average molecular weight is 208 g/mol. The summed E-state index contributed by atoms with van der Waals surface area (Å²) in [4.78, 5) is 21.3. The van der Waals surface area contributed by atoms with E-state index in [1.165, 1.54) is 6.20 Å². The van der Waals surface area contributed by atoms with Gasteiger partial charge in [-0.1, -0.05) is 0 Å². The number of morpholine rings is 1. The molecule has 6 heteroatoms. The molecule has 2 rings (SSSR count). The first-order valence-corrected chi connectivity index (χ1v) is 4.73. The quantitative estimate of drug-likeness (QED) is 0.674. The maximum atomic E-state index is 11.8. The van der Waals surface area contributed by atoms with Gasteiger partial charge in [-0.25, -0.2) is 9.97 Å². The third kappa shape index (κ3) is 2.21. The first kappa shape index (κ1) is 9.85. The van der Waals surface area contributed by atoms with Crippen molar-refractivity contribution < 1.29 is 9.53 Å². The molecule has 0 unspecified atom stereocenters. The van der Waals surface area contributed by atoms with Crippen molar-refractivity contribution in [1.82, 2.24) is 14.9 Å². The molecule has 1 aromatic heterocycles. The second-order valence-corrected chi connectivity index (χ2v) is 3.21. The maximum Gasteiger partial charge on any atom is 0.291 e. The van der Waals surface area contributed by atoms with Crippen molar-refractivity contribution in [2.24, 2.45) is 0 Å². The van der Waals surface area contributed by atoms with Crippen molar-refractivity contribution in [3.05, 3.63) is 18.1 Å². The van der Waals surface area contributed by atoms with Gasteiger partial charge in [0.15, 0.2) is 0 Å². The molecule has 0 radical (unpaired) electrons. The van der Waals surface area contributed by atoms with Crippen LogP contribution in [0, 0.1) is 0 Å². The van der Waals surface area contributed by atoms with Crippen molar-refractivity contribution >= 4 is 11.7 Å². The van der Waals surface area contributed by atoms with E-state index in [0.717, 1.165) is 0 Å². The Morgan fingerprint density at radius 3 is 2.87 bits per heavy atom. The molecule has 0 atom stereocenters. The van der Waals surface area contributed by atoms with Gasteiger partial charge in [0, 0.05) is 19.3 Å².